The molecular formula is C18H25ClN6S. The van der Waals surface area contributed by atoms with E-state index in [0.29, 0.717) is 11.1 Å². The summed E-state index contributed by atoms with van der Waals surface area (Å²) in [4.78, 5) is 15.5. The number of thiazole rings is 1. The van der Waals surface area contributed by atoms with Gasteiger partial charge in [-0.1, -0.05) is 11.6 Å². The van der Waals surface area contributed by atoms with Crippen LogP contribution in [0.5, 0.6) is 0 Å². The van der Waals surface area contributed by atoms with E-state index in [1.54, 1.807) is 17.5 Å². The van der Waals surface area contributed by atoms with Crippen molar-refractivity contribution >= 4 is 34.7 Å². The maximum atomic E-state index is 6.26. The van der Waals surface area contributed by atoms with Crippen LogP contribution in [0.1, 0.15) is 23.5 Å². The average Bonchev–Trinajstić information content (AvgIpc) is 3.27. The molecule has 1 aliphatic rings. The second kappa shape index (κ2) is 9.19. The molecule has 3 rings (SSSR count). The molecule has 0 bridgehead atoms. The maximum absolute atomic E-state index is 6.26. The number of anilines is 1. The third kappa shape index (κ3) is 5.08. The highest BCUT2D eigenvalue weighted by molar-refractivity contribution is 7.09. The molecule has 26 heavy (non-hydrogen) atoms. The minimum Gasteiger partial charge on any atom is -0.356 e. The summed E-state index contributed by atoms with van der Waals surface area (Å²) in [6.45, 7) is 4.72. The van der Waals surface area contributed by atoms with E-state index in [9.17, 15) is 0 Å². The second-order valence-electron chi connectivity index (χ2n) is 6.37. The number of hydrogen-bond acceptors (Lipinski definition) is 5. The molecule has 1 saturated heterocycles. The summed E-state index contributed by atoms with van der Waals surface area (Å²) in [6.07, 6.45) is 4.85. The van der Waals surface area contributed by atoms with Gasteiger partial charge in [-0.15, -0.1) is 11.3 Å². The standard InChI is InChI=1S/C18H25ClN6S/c1-13-12-26-16(23-13)6-4-9-22-18(20-2)24-14-7-10-25(11-14)17-15(19)5-3-8-21-17/h3,5,8,12,14H,4,6-7,9-11H2,1-2H3,(H2,20,22,24). The van der Waals surface area contributed by atoms with Gasteiger partial charge in [-0.25, -0.2) is 9.97 Å². The molecule has 140 valence electrons. The molecule has 2 aromatic heterocycles. The van der Waals surface area contributed by atoms with Crippen molar-refractivity contribution in [3.8, 4) is 0 Å². The van der Waals surface area contributed by atoms with E-state index in [1.165, 1.54) is 5.01 Å². The van der Waals surface area contributed by atoms with E-state index < -0.39 is 0 Å². The molecule has 6 nitrogen and oxygen atoms in total. The first kappa shape index (κ1) is 18.9. The summed E-state index contributed by atoms with van der Waals surface area (Å²) < 4.78 is 0. The van der Waals surface area contributed by atoms with Gasteiger partial charge < -0.3 is 15.5 Å². The zero-order chi connectivity index (χ0) is 18.4. The van der Waals surface area contributed by atoms with Crippen molar-refractivity contribution in [3.05, 3.63) is 39.4 Å². The Balaban J connectivity index is 1.42. The fraction of sp³-hybridized carbons (Fsp3) is 0.500. The van der Waals surface area contributed by atoms with Gasteiger partial charge in [0.2, 0.25) is 0 Å². The number of halogens is 1. The van der Waals surface area contributed by atoms with Crippen molar-refractivity contribution in [1.29, 1.82) is 0 Å². The summed E-state index contributed by atoms with van der Waals surface area (Å²) in [7, 11) is 1.81. The smallest absolute Gasteiger partial charge is 0.191 e. The van der Waals surface area contributed by atoms with Crippen molar-refractivity contribution in [2.75, 3.05) is 31.6 Å². The predicted molar refractivity (Wildman–Crippen MR) is 110 cm³/mol. The zero-order valence-electron chi connectivity index (χ0n) is 15.2. The topological polar surface area (TPSA) is 65.4 Å². The van der Waals surface area contributed by atoms with Crippen LogP contribution in [0.2, 0.25) is 5.02 Å². The molecule has 1 aliphatic heterocycles. The molecule has 1 fully saturated rings. The van der Waals surface area contributed by atoms with Crippen molar-refractivity contribution in [1.82, 2.24) is 20.6 Å². The number of nitrogens with zero attached hydrogens (tertiary/aromatic N) is 4. The molecule has 8 heteroatoms. The van der Waals surface area contributed by atoms with Crippen LogP contribution in [-0.2, 0) is 6.42 Å². The summed E-state index contributed by atoms with van der Waals surface area (Å²) in [5.41, 5.74) is 1.11. The summed E-state index contributed by atoms with van der Waals surface area (Å²) in [5, 5.41) is 10.9. The van der Waals surface area contributed by atoms with Gasteiger partial charge in [0.05, 0.1) is 10.0 Å². The van der Waals surface area contributed by atoms with Gasteiger partial charge in [-0.2, -0.15) is 0 Å². The van der Waals surface area contributed by atoms with Crippen LogP contribution in [0.25, 0.3) is 0 Å². The minimum absolute atomic E-state index is 0.334. The molecule has 0 amide bonds. The van der Waals surface area contributed by atoms with Crippen molar-refractivity contribution in [2.45, 2.75) is 32.2 Å². The highest BCUT2D eigenvalue weighted by Crippen LogP contribution is 2.25. The summed E-state index contributed by atoms with van der Waals surface area (Å²) in [5.74, 6) is 1.71. The lowest BCUT2D eigenvalue weighted by Gasteiger charge is -2.20. The molecule has 1 unspecified atom stereocenters. The number of nitrogens with one attached hydrogen (secondary N) is 2. The number of aryl methyl sites for hydroxylation is 2. The molecule has 2 N–H and O–H groups in total. The highest BCUT2D eigenvalue weighted by Gasteiger charge is 2.25. The van der Waals surface area contributed by atoms with Gasteiger partial charge in [0, 0.05) is 56.4 Å². The maximum Gasteiger partial charge on any atom is 0.191 e. The van der Waals surface area contributed by atoms with E-state index in [4.69, 9.17) is 11.6 Å². The number of pyridine rings is 1. The van der Waals surface area contributed by atoms with Crippen LogP contribution in [0.3, 0.4) is 0 Å². The summed E-state index contributed by atoms with van der Waals surface area (Å²) >= 11 is 7.99. The van der Waals surface area contributed by atoms with E-state index >= 15 is 0 Å². The number of aromatic nitrogens is 2. The number of guanidine groups is 1. The van der Waals surface area contributed by atoms with Crippen LogP contribution in [-0.4, -0.2) is 48.7 Å². The minimum atomic E-state index is 0.334. The Morgan fingerprint density at radius 2 is 2.38 bits per heavy atom. The normalized spacial score (nSPS) is 17.6. The van der Waals surface area contributed by atoms with Gasteiger partial charge in [0.1, 0.15) is 5.82 Å². The van der Waals surface area contributed by atoms with Crippen LogP contribution in [0, 0.1) is 6.92 Å². The quantitative estimate of drug-likeness (QED) is 0.449. The number of rotatable bonds is 6. The SMILES string of the molecule is CN=C(NCCCc1nc(C)cs1)NC1CCN(c2ncccc2Cl)C1. The van der Waals surface area contributed by atoms with E-state index in [2.05, 4.69) is 35.9 Å². The lowest BCUT2D eigenvalue weighted by Crippen LogP contribution is -2.45. The van der Waals surface area contributed by atoms with E-state index in [-0.39, 0.29) is 0 Å². The first-order valence-corrected chi connectivity index (χ1v) is 10.1. The second-order valence-corrected chi connectivity index (χ2v) is 7.72. The Kier molecular flexibility index (Phi) is 6.68. The fourth-order valence-corrected chi connectivity index (χ4v) is 4.09. The van der Waals surface area contributed by atoms with Gasteiger partial charge in [-0.3, -0.25) is 4.99 Å². The molecular weight excluding hydrogens is 368 g/mol. The Labute approximate surface area is 163 Å². The molecule has 2 aromatic rings. The molecule has 0 aliphatic carbocycles. The van der Waals surface area contributed by atoms with E-state index in [1.807, 2.05) is 26.1 Å². The zero-order valence-corrected chi connectivity index (χ0v) is 16.8. The third-order valence-corrected chi connectivity index (χ3v) is 5.64. The Morgan fingerprint density at radius 3 is 3.12 bits per heavy atom. The lowest BCUT2D eigenvalue weighted by atomic mass is 10.3. The molecule has 3 heterocycles. The average molecular weight is 393 g/mol. The van der Waals surface area contributed by atoms with Crippen molar-refractivity contribution in [2.24, 2.45) is 4.99 Å². The molecule has 0 aromatic carbocycles. The highest BCUT2D eigenvalue weighted by atomic mass is 35.5. The van der Waals surface area contributed by atoms with Crippen LogP contribution in [0.15, 0.2) is 28.7 Å². The lowest BCUT2D eigenvalue weighted by molar-refractivity contribution is 0.642. The van der Waals surface area contributed by atoms with Crippen LogP contribution < -0.4 is 15.5 Å². The van der Waals surface area contributed by atoms with Gasteiger partial charge in [0.15, 0.2) is 5.96 Å². The monoisotopic (exact) mass is 392 g/mol. The molecule has 0 radical (unpaired) electrons. The Bertz CT molecular complexity index is 747. The van der Waals surface area contributed by atoms with Crippen LogP contribution in [0.4, 0.5) is 5.82 Å². The van der Waals surface area contributed by atoms with Crippen LogP contribution >= 0.6 is 22.9 Å². The first-order valence-electron chi connectivity index (χ1n) is 8.89. The van der Waals surface area contributed by atoms with Crippen molar-refractivity contribution < 1.29 is 0 Å². The fourth-order valence-electron chi connectivity index (χ4n) is 3.03. The Morgan fingerprint density at radius 1 is 1.50 bits per heavy atom. The summed E-state index contributed by atoms with van der Waals surface area (Å²) in [6, 6.07) is 4.08. The molecule has 0 spiro atoms. The first-order chi connectivity index (χ1) is 12.7. The molecule has 0 saturated carbocycles. The largest absolute Gasteiger partial charge is 0.356 e. The van der Waals surface area contributed by atoms with Gasteiger partial charge >= 0.3 is 0 Å². The van der Waals surface area contributed by atoms with Crippen molar-refractivity contribution in [3.63, 3.8) is 0 Å². The number of hydrogen-bond donors (Lipinski definition) is 2. The van der Waals surface area contributed by atoms with Gasteiger partial charge in [0.25, 0.3) is 0 Å². The van der Waals surface area contributed by atoms with E-state index in [0.717, 1.165) is 56.4 Å². The third-order valence-electron chi connectivity index (χ3n) is 4.32. The van der Waals surface area contributed by atoms with Gasteiger partial charge in [-0.05, 0) is 31.9 Å². The predicted octanol–water partition coefficient (Wildman–Crippen LogP) is 2.88. The number of aliphatic imine (C=N–C) groups is 1. The molecule has 1 atom stereocenters. The Hall–Kier alpha value is -1.86.